The summed E-state index contributed by atoms with van der Waals surface area (Å²) in [4.78, 5) is 24.6. The van der Waals surface area contributed by atoms with Gasteiger partial charge in [-0.05, 0) is 79.3 Å². The summed E-state index contributed by atoms with van der Waals surface area (Å²) in [5.74, 6) is -1.00. The number of aryl methyl sites for hydroxylation is 1. The highest BCUT2D eigenvalue weighted by Gasteiger charge is 2.58. The number of hydrogen-bond donors (Lipinski definition) is 2. The van der Waals surface area contributed by atoms with Crippen molar-refractivity contribution in [2.75, 3.05) is 6.61 Å². The van der Waals surface area contributed by atoms with E-state index in [-0.39, 0.29) is 35.5 Å². The molecule has 2 saturated carbocycles. The molecule has 0 heterocycles. The highest BCUT2D eigenvalue weighted by Crippen LogP contribution is 2.62. The molecule has 204 valence electrons. The topological polar surface area (TPSA) is 113 Å². The number of rotatable bonds is 9. The van der Waals surface area contributed by atoms with Crippen LogP contribution in [0.25, 0.3) is 5.70 Å². The monoisotopic (exact) mass is 594 g/mol. The summed E-state index contributed by atoms with van der Waals surface area (Å²) in [7, 11) is 0. The van der Waals surface area contributed by atoms with E-state index >= 15 is 0 Å². The highest BCUT2D eigenvalue weighted by molar-refractivity contribution is 6.37. The molecular weight excluding hydrogens is 571 g/mol. The van der Waals surface area contributed by atoms with Crippen molar-refractivity contribution < 1.29 is 19.4 Å². The number of carbonyl (C=O) groups excluding carboxylic acids is 1. The summed E-state index contributed by atoms with van der Waals surface area (Å²) >= 11 is 19.4. The lowest BCUT2D eigenvalue weighted by atomic mass is 9.90. The minimum atomic E-state index is -1.02. The molecule has 2 aliphatic rings. The minimum absolute atomic E-state index is 0.0978. The number of nitriles is 1. The van der Waals surface area contributed by atoms with Gasteiger partial charge in [-0.3, -0.25) is 4.79 Å². The number of hydrogen-bond acceptors (Lipinski definition) is 5. The molecule has 2 atom stereocenters. The van der Waals surface area contributed by atoms with Crippen molar-refractivity contribution in [1.82, 2.24) is 0 Å². The number of ketones is 1. The van der Waals surface area contributed by atoms with E-state index < -0.39 is 11.4 Å². The van der Waals surface area contributed by atoms with Crippen LogP contribution in [0.15, 0.2) is 60.2 Å². The van der Waals surface area contributed by atoms with E-state index in [1.165, 1.54) is 0 Å². The van der Waals surface area contributed by atoms with Gasteiger partial charge in [0, 0.05) is 22.4 Å². The smallest absolute Gasteiger partial charge is 0.335 e. The molecule has 0 radical (unpaired) electrons. The van der Waals surface area contributed by atoms with Crippen molar-refractivity contribution in [2.45, 2.75) is 37.5 Å². The quantitative estimate of drug-likeness (QED) is 0.250. The summed E-state index contributed by atoms with van der Waals surface area (Å²) in [5, 5.41) is 20.6. The third kappa shape index (κ3) is 5.17. The Morgan fingerprint density at radius 1 is 1.07 bits per heavy atom. The molecular formula is C31H25Cl3N2O4. The molecule has 3 N–H and O–H groups in total. The summed E-state index contributed by atoms with van der Waals surface area (Å²) in [6, 6.07) is 17.4. The van der Waals surface area contributed by atoms with Gasteiger partial charge in [-0.15, -0.1) is 0 Å². The number of benzene rings is 3. The Bertz CT molecular complexity index is 1600. The van der Waals surface area contributed by atoms with E-state index in [1.54, 1.807) is 54.6 Å². The van der Waals surface area contributed by atoms with Crippen molar-refractivity contribution in [1.29, 1.82) is 5.26 Å². The summed E-state index contributed by atoms with van der Waals surface area (Å²) in [5.41, 5.74) is 8.97. The van der Waals surface area contributed by atoms with Gasteiger partial charge in [-0.2, -0.15) is 5.26 Å². The van der Waals surface area contributed by atoms with E-state index in [0.717, 1.165) is 24.0 Å². The first kappa shape index (κ1) is 28.0. The average Bonchev–Trinajstić information content (AvgIpc) is 3.84. The molecule has 0 aromatic heterocycles. The largest absolute Gasteiger partial charge is 0.489 e. The zero-order chi connectivity index (χ0) is 28.8. The van der Waals surface area contributed by atoms with Crippen LogP contribution in [0, 0.1) is 24.2 Å². The standard InChI is InChI=1S/C31H25Cl3N2O4/c1-16-5-6-18(30(38)39)11-20(16)23-13-31(23,15-35)22-10-9-19(12-26(22)34)40-14-21(29(37)17-7-8-17)28(36)27-24(32)3-2-4-25(27)33/h2-6,9-12,17,23H,7-8,13-14,36H2,1H3,(H,38,39). The maximum absolute atomic E-state index is 13.1. The number of carboxylic acids is 1. The average molecular weight is 596 g/mol. The Balaban J connectivity index is 1.41. The van der Waals surface area contributed by atoms with Crippen LogP contribution in [0.4, 0.5) is 0 Å². The Morgan fingerprint density at radius 2 is 1.77 bits per heavy atom. The molecule has 5 rings (SSSR count). The van der Waals surface area contributed by atoms with Gasteiger partial charge in [0.2, 0.25) is 0 Å². The van der Waals surface area contributed by atoms with Gasteiger partial charge in [0.15, 0.2) is 5.78 Å². The molecule has 0 aliphatic heterocycles. The number of Topliss-reactive ketones (excluding diaryl/α,β-unsaturated/α-hetero) is 1. The third-order valence-corrected chi connectivity index (χ3v) is 8.61. The van der Waals surface area contributed by atoms with Gasteiger partial charge in [0.25, 0.3) is 0 Å². The Labute approximate surface area is 246 Å². The Kier molecular flexibility index (Phi) is 7.58. The zero-order valence-electron chi connectivity index (χ0n) is 21.5. The molecule has 2 unspecified atom stereocenters. The van der Waals surface area contributed by atoms with Crippen molar-refractivity contribution in [3.8, 4) is 11.8 Å². The summed E-state index contributed by atoms with van der Waals surface area (Å²) in [6.45, 7) is 1.79. The first-order valence-electron chi connectivity index (χ1n) is 12.7. The normalized spacial score (nSPS) is 20.3. The van der Waals surface area contributed by atoms with Crippen molar-refractivity contribution in [3.05, 3.63) is 103 Å². The predicted molar refractivity (Wildman–Crippen MR) is 155 cm³/mol. The number of nitrogens with zero attached hydrogens (tertiary/aromatic N) is 1. The van der Waals surface area contributed by atoms with E-state index in [2.05, 4.69) is 6.07 Å². The van der Waals surface area contributed by atoms with Crippen LogP contribution < -0.4 is 10.5 Å². The second-order valence-corrected chi connectivity index (χ2v) is 11.5. The lowest BCUT2D eigenvalue weighted by Crippen LogP contribution is -2.18. The number of aromatic carboxylic acids is 1. The molecule has 9 heteroatoms. The van der Waals surface area contributed by atoms with Gasteiger partial charge in [0.05, 0.1) is 38.4 Å². The van der Waals surface area contributed by atoms with Crippen LogP contribution in [0.5, 0.6) is 5.75 Å². The van der Waals surface area contributed by atoms with Crippen LogP contribution >= 0.6 is 34.8 Å². The number of carbonyl (C=O) groups is 2. The maximum Gasteiger partial charge on any atom is 0.335 e. The molecule has 6 nitrogen and oxygen atoms in total. The predicted octanol–water partition coefficient (Wildman–Crippen LogP) is 7.33. The molecule has 40 heavy (non-hydrogen) atoms. The Morgan fingerprint density at radius 3 is 2.38 bits per heavy atom. The van der Waals surface area contributed by atoms with Crippen molar-refractivity contribution >= 4 is 52.3 Å². The van der Waals surface area contributed by atoms with Gasteiger partial charge < -0.3 is 15.6 Å². The summed E-state index contributed by atoms with van der Waals surface area (Å²) < 4.78 is 5.99. The molecule has 0 saturated heterocycles. The first-order valence-corrected chi connectivity index (χ1v) is 13.9. The summed E-state index contributed by atoms with van der Waals surface area (Å²) in [6.07, 6.45) is 2.10. The van der Waals surface area contributed by atoms with Crippen molar-refractivity contribution in [2.24, 2.45) is 11.7 Å². The molecule has 2 fully saturated rings. The van der Waals surface area contributed by atoms with Gasteiger partial charge in [0.1, 0.15) is 12.4 Å². The van der Waals surface area contributed by atoms with Gasteiger partial charge >= 0.3 is 5.97 Å². The van der Waals surface area contributed by atoms with Crippen LogP contribution in [0.3, 0.4) is 0 Å². The first-order chi connectivity index (χ1) is 19.1. The second-order valence-electron chi connectivity index (χ2n) is 10.3. The Hall–Kier alpha value is -3.50. The van der Waals surface area contributed by atoms with E-state index in [0.29, 0.717) is 43.9 Å². The van der Waals surface area contributed by atoms with Gasteiger partial charge in [-0.25, -0.2) is 4.79 Å². The fourth-order valence-electron chi connectivity index (χ4n) is 5.15. The van der Waals surface area contributed by atoms with E-state index in [1.807, 2.05) is 6.92 Å². The molecule has 3 aromatic carbocycles. The van der Waals surface area contributed by atoms with Crippen LogP contribution in [0.1, 0.15) is 57.8 Å². The van der Waals surface area contributed by atoms with Crippen LogP contribution in [0.2, 0.25) is 15.1 Å². The second kappa shape index (κ2) is 10.8. The minimum Gasteiger partial charge on any atom is -0.489 e. The zero-order valence-corrected chi connectivity index (χ0v) is 23.8. The van der Waals surface area contributed by atoms with Crippen LogP contribution in [-0.4, -0.2) is 23.5 Å². The lowest BCUT2D eigenvalue weighted by molar-refractivity contribution is -0.116. The van der Waals surface area contributed by atoms with Crippen LogP contribution in [-0.2, 0) is 10.2 Å². The van der Waals surface area contributed by atoms with E-state index in [9.17, 15) is 20.0 Å². The third-order valence-electron chi connectivity index (χ3n) is 7.67. The van der Waals surface area contributed by atoms with E-state index in [4.69, 9.17) is 45.3 Å². The fourth-order valence-corrected chi connectivity index (χ4v) is 6.09. The molecule has 3 aromatic rings. The molecule has 0 bridgehead atoms. The fraction of sp³-hybridized carbons (Fsp3) is 0.258. The number of nitrogens with two attached hydrogens (primary N) is 1. The van der Waals surface area contributed by atoms with Crippen molar-refractivity contribution in [3.63, 3.8) is 0 Å². The number of ether oxygens (including phenoxy) is 1. The lowest BCUT2D eigenvalue weighted by Gasteiger charge is -2.17. The van der Waals surface area contributed by atoms with Gasteiger partial charge in [-0.1, -0.05) is 53.0 Å². The molecule has 0 spiro atoms. The maximum atomic E-state index is 13.1. The SMILES string of the molecule is Cc1ccc(C(=O)O)cc1C1CC1(C#N)c1ccc(OCC(C(=O)C2CC2)=C(N)c2c(Cl)cccc2Cl)cc1Cl. The molecule has 0 amide bonds. The highest BCUT2D eigenvalue weighted by atomic mass is 35.5. The molecule has 2 aliphatic carbocycles. The number of carboxylic acid groups (broad SMARTS) is 1. The number of halogens is 3.